The van der Waals surface area contributed by atoms with Crippen LogP contribution < -0.4 is 14.4 Å². The predicted molar refractivity (Wildman–Crippen MR) is 104 cm³/mol. The molecule has 0 N–H and O–H groups in total. The summed E-state index contributed by atoms with van der Waals surface area (Å²) in [6, 6.07) is 12.7. The first-order valence-corrected chi connectivity index (χ1v) is 9.09. The molecule has 0 radical (unpaired) electrons. The van der Waals surface area contributed by atoms with E-state index in [4.69, 9.17) is 25.6 Å². The number of ether oxygens (including phenoxy) is 2. The van der Waals surface area contributed by atoms with Gasteiger partial charge in [-0.2, -0.15) is 4.98 Å². The average molecular weight is 400 g/mol. The molecule has 4 rings (SSSR count). The fourth-order valence-electron chi connectivity index (χ4n) is 3.34. The third kappa shape index (κ3) is 3.29. The highest BCUT2D eigenvalue weighted by molar-refractivity contribution is 6.30. The molecule has 1 fully saturated rings. The molecular formula is C20H18ClN3O4. The second kappa shape index (κ2) is 7.52. The van der Waals surface area contributed by atoms with E-state index in [2.05, 4.69) is 10.1 Å². The second-order valence-corrected chi connectivity index (χ2v) is 6.82. The van der Waals surface area contributed by atoms with Gasteiger partial charge >= 0.3 is 0 Å². The molecule has 2 aromatic carbocycles. The quantitative estimate of drug-likeness (QED) is 0.647. The first kappa shape index (κ1) is 18.3. The molecule has 0 spiro atoms. The molecule has 2 heterocycles. The summed E-state index contributed by atoms with van der Waals surface area (Å²) in [5.74, 6) is 1.71. The van der Waals surface area contributed by atoms with E-state index in [1.165, 1.54) is 0 Å². The number of amides is 1. The van der Waals surface area contributed by atoms with Crippen LogP contribution in [0.25, 0.3) is 11.4 Å². The van der Waals surface area contributed by atoms with Crippen molar-refractivity contribution >= 4 is 23.2 Å². The van der Waals surface area contributed by atoms with Crippen molar-refractivity contribution in [3.8, 4) is 22.9 Å². The Labute approximate surface area is 166 Å². The van der Waals surface area contributed by atoms with E-state index in [-0.39, 0.29) is 11.8 Å². The van der Waals surface area contributed by atoms with Gasteiger partial charge in [-0.05, 0) is 30.3 Å². The van der Waals surface area contributed by atoms with E-state index in [9.17, 15) is 4.79 Å². The summed E-state index contributed by atoms with van der Waals surface area (Å²) in [4.78, 5) is 18.7. The summed E-state index contributed by atoms with van der Waals surface area (Å²) in [6.45, 7) is 0.454. The highest BCUT2D eigenvalue weighted by Gasteiger charge is 2.35. The second-order valence-electron chi connectivity index (χ2n) is 6.38. The maximum absolute atomic E-state index is 12.5. The standard InChI is InChI=1S/C20H18ClN3O4/c1-26-16-8-4-7-15(18(16)27-2)19-22-20(28-23-19)12-9-17(25)24(11-12)14-6-3-5-13(21)10-14/h3-8,10,12H,9,11H2,1-2H3/t12-/m1/s1. The third-order valence-corrected chi connectivity index (χ3v) is 4.91. The number of rotatable bonds is 5. The summed E-state index contributed by atoms with van der Waals surface area (Å²) in [5, 5.41) is 4.66. The molecule has 3 aromatic rings. The minimum atomic E-state index is -0.190. The fourth-order valence-corrected chi connectivity index (χ4v) is 3.52. The lowest BCUT2D eigenvalue weighted by atomic mass is 10.1. The molecule has 0 unspecified atom stereocenters. The summed E-state index contributed by atoms with van der Waals surface area (Å²) >= 11 is 6.05. The highest BCUT2D eigenvalue weighted by Crippen LogP contribution is 2.38. The number of hydrogen-bond acceptors (Lipinski definition) is 6. The molecule has 1 atom stereocenters. The highest BCUT2D eigenvalue weighted by atomic mass is 35.5. The molecule has 28 heavy (non-hydrogen) atoms. The Morgan fingerprint density at radius 1 is 1.18 bits per heavy atom. The number of aromatic nitrogens is 2. The van der Waals surface area contributed by atoms with Crippen molar-refractivity contribution in [3.05, 3.63) is 53.4 Å². The van der Waals surface area contributed by atoms with Crippen LogP contribution in [-0.2, 0) is 4.79 Å². The molecule has 0 bridgehead atoms. The lowest BCUT2D eigenvalue weighted by Gasteiger charge is -2.16. The van der Waals surface area contributed by atoms with E-state index in [0.717, 1.165) is 5.69 Å². The Morgan fingerprint density at radius 3 is 2.75 bits per heavy atom. The van der Waals surface area contributed by atoms with E-state index < -0.39 is 0 Å². The van der Waals surface area contributed by atoms with Crippen LogP contribution in [-0.4, -0.2) is 36.8 Å². The Hall–Kier alpha value is -3.06. The normalized spacial score (nSPS) is 16.5. The van der Waals surface area contributed by atoms with Gasteiger partial charge in [0.15, 0.2) is 11.5 Å². The van der Waals surface area contributed by atoms with Gasteiger partial charge in [-0.15, -0.1) is 0 Å². The van der Waals surface area contributed by atoms with Crippen molar-refractivity contribution < 1.29 is 18.8 Å². The zero-order chi connectivity index (χ0) is 19.7. The van der Waals surface area contributed by atoms with Crippen LogP contribution in [0.2, 0.25) is 5.02 Å². The van der Waals surface area contributed by atoms with Crippen LogP contribution >= 0.6 is 11.6 Å². The zero-order valence-electron chi connectivity index (χ0n) is 15.4. The first-order chi connectivity index (χ1) is 13.6. The van der Waals surface area contributed by atoms with Gasteiger partial charge in [-0.1, -0.05) is 28.9 Å². The molecule has 1 aliphatic rings. The largest absolute Gasteiger partial charge is 0.493 e. The van der Waals surface area contributed by atoms with E-state index >= 15 is 0 Å². The van der Waals surface area contributed by atoms with Crippen molar-refractivity contribution in [2.24, 2.45) is 0 Å². The lowest BCUT2D eigenvalue weighted by molar-refractivity contribution is -0.117. The van der Waals surface area contributed by atoms with Gasteiger partial charge in [0, 0.05) is 23.7 Å². The molecule has 0 aliphatic carbocycles. The van der Waals surface area contributed by atoms with E-state index in [1.807, 2.05) is 24.3 Å². The number of carbonyl (C=O) groups is 1. The van der Waals surface area contributed by atoms with Crippen molar-refractivity contribution in [1.82, 2.24) is 10.1 Å². The third-order valence-electron chi connectivity index (χ3n) is 4.68. The van der Waals surface area contributed by atoms with Crippen LogP contribution in [0.15, 0.2) is 47.0 Å². The number of benzene rings is 2. The summed E-state index contributed by atoms with van der Waals surface area (Å²) in [6.07, 6.45) is 0.295. The predicted octanol–water partition coefficient (Wildman–Crippen LogP) is 3.93. The van der Waals surface area contributed by atoms with Crippen molar-refractivity contribution in [1.29, 1.82) is 0 Å². The number of halogens is 1. The molecule has 144 valence electrons. The summed E-state index contributed by atoms with van der Waals surface area (Å²) < 4.78 is 16.2. The van der Waals surface area contributed by atoms with Crippen molar-refractivity contribution in [2.45, 2.75) is 12.3 Å². The maximum atomic E-state index is 12.5. The van der Waals surface area contributed by atoms with Gasteiger partial charge in [0.05, 0.1) is 25.7 Å². The molecule has 1 saturated heterocycles. The monoisotopic (exact) mass is 399 g/mol. The van der Waals surface area contributed by atoms with Gasteiger partial charge in [0.2, 0.25) is 17.6 Å². The lowest BCUT2D eigenvalue weighted by Crippen LogP contribution is -2.24. The number of para-hydroxylation sites is 1. The number of nitrogens with zero attached hydrogens (tertiary/aromatic N) is 3. The number of hydrogen-bond donors (Lipinski definition) is 0. The molecule has 1 amide bonds. The Bertz CT molecular complexity index is 1020. The van der Waals surface area contributed by atoms with Crippen molar-refractivity contribution in [3.63, 3.8) is 0 Å². The van der Waals surface area contributed by atoms with E-state index in [0.29, 0.717) is 46.8 Å². The maximum Gasteiger partial charge on any atom is 0.232 e. The minimum Gasteiger partial charge on any atom is -0.493 e. The van der Waals surface area contributed by atoms with Gasteiger partial charge in [-0.25, -0.2) is 0 Å². The van der Waals surface area contributed by atoms with Crippen LogP contribution in [0.1, 0.15) is 18.2 Å². The van der Waals surface area contributed by atoms with E-state index in [1.54, 1.807) is 37.3 Å². The molecule has 7 nitrogen and oxygen atoms in total. The fraction of sp³-hybridized carbons (Fsp3) is 0.250. The Balaban J connectivity index is 1.60. The van der Waals surface area contributed by atoms with Gasteiger partial charge in [0.25, 0.3) is 0 Å². The van der Waals surface area contributed by atoms with Gasteiger partial charge in [0.1, 0.15) is 0 Å². The number of methoxy groups -OCH3 is 2. The van der Waals surface area contributed by atoms with Crippen LogP contribution in [0.4, 0.5) is 5.69 Å². The summed E-state index contributed by atoms with van der Waals surface area (Å²) in [7, 11) is 3.12. The van der Waals surface area contributed by atoms with Crippen molar-refractivity contribution in [2.75, 3.05) is 25.7 Å². The van der Waals surface area contributed by atoms with Crippen LogP contribution in [0.3, 0.4) is 0 Å². The van der Waals surface area contributed by atoms with Gasteiger partial charge in [-0.3, -0.25) is 4.79 Å². The average Bonchev–Trinajstić information content (AvgIpc) is 3.34. The smallest absolute Gasteiger partial charge is 0.232 e. The topological polar surface area (TPSA) is 77.7 Å². The minimum absolute atomic E-state index is 0.00835. The molecular weight excluding hydrogens is 382 g/mol. The van der Waals surface area contributed by atoms with Gasteiger partial charge < -0.3 is 18.9 Å². The zero-order valence-corrected chi connectivity index (χ0v) is 16.1. The van der Waals surface area contributed by atoms with Crippen LogP contribution in [0.5, 0.6) is 11.5 Å². The Kier molecular flexibility index (Phi) is 4.92. The molecule has 1 aromatic heterocycles. The summed E-state index contributed by atoms with van der Waals surface area (Å²) in [5.41, 5.74) is 1.42. The SMILES string of the molecule is COc1cccc(-c2noc([C@@H]3CC(=O)N(c4cccc(Cl)c4)C3)n2)c1OC. The number of carbonyl (C=O) groups excluding carboxylic acids is 1. The molecule has 0 saturated carbocycles. The Morgan fingerprint density at radius 2 is 2.00 bits per heavy atom. The van der Waals surface area contributed by atoms with Crippen LogP contribution in [0, 0.1) is 0 Å². The first-order valence-electron chi connectivity index (χ1n) is 8.71. The number of anilines is 1. The molecule has 1 aliphatic heterocycles. The molecule has 8 heteroatoms.